The van der Waals surface area contributed by atoms with Crippen molar-refractivity contribution < 1.29 is 4.74 Å². The largest absolute Gasteiger partial charge is 0.370 e. The van der Waals surface area contributed by atoms with Crippen LogP contribution in [0.25, 0.3) is 0 Å². The van der Waals surface area contributed by atoms with Crippen LogP contribution < -0.4 is 5.32 Å². The van der Waals surface area contributed by atoms with Crippen molar-refractivity contribution in [3.63, 3.8) is 0 Å². The van der Waals surface area contributed by atoms with Crippen LogP contribution in [-0.4, -0.2) is 12.0 Å². The van der Waals surface area contributed by atoms with Crippen molar-refractivity contribution in [2.75, 3.05) is 7.05 Å². The number of nitrogens with one attached hydrogen (secondary N) is 1. The minimum atomic E-state index is 0.548. The van der Waals surface area contributed by atoms with E-state index in [2.05, 4.69) is 22.4 Å². The highest BCUT2D eigenvalue weighted by atomic mass is 16.5. The van der Waals surface area contributed by atoms with E-state index in [1.165, 1.54) is 5.56 Å². The Bertz CT molecular complexity index is 471. The van der Waals surface area contributed by atoms with Gasteiger partial charge in [-0.15, -0.1) is 0 Å². The highest BCUT2D eigenvalue weighted by molar-refractivity contribution is 5.14. The van der Waals surface area contributed by atoms with Crippen molar-refractivity contribution in [3.05, 3.63) is 65.5 Å². The minimum Gasteiger partial charge on any atom is -0.370 e. The topological polar surface area (TPSA) is 34.1 Å². The van der Waals surface area contributed by atoms with Crippen LogP contribution in [-0.2, 0) is 24.5 Å². The highest BCUT2D eigenvalue weighted by Gasteiger charge is 1.98. The van der Waals surface area contributed by atoms with E-state index in [9.17, 15) is 0 Å². The second-order valence-corrected chi connectivity index (χ2v) is 4.13. The molecule has 1 aromatic carbocycles. The molecule has 94 valence electrons. The molecule has 0 radical (unpaired) electrons. The van der Waals surface area contributed by atoms with E-state index < -0.39 is 0 Å². The third kappa shape index (κ3) is 3.95. The predicted molar refractivity (Wildman–Crippen MR) is 71.9 cm³/mol. The van der Waals surface area contributed by atoms with Crippen LogP contribution in [0.3, 0.4) is 0 Å². The number of benzene rings is 1. The van der Waals surface area contributed by atoms with E-state index in [4.69, 9.17) is 4.74 Å². The van der Waals surface area contributed by atoms with Crippen molar-refractivity contribution in [1.29, 1.82) is 0 Å². The van der Waals surface area contributed by atoms with Gasteiger partial charge in [0.05, 0.1) is 24.6 Å². The summed E-state index contributed by atoms with van der Waals surface area (Å²) in [6, 6.07) is 16.2. The average Bonchev–Trinajstić information content (AvgIpc) is 2.41. The lowest BCUT2D eigenvalue weighted by Crippen LogP contribution is -2.08. The molecule has 0 aliphatic rings. The molecule has 2 aromatic rings. The molecule has 18 heavy (non-hydrogen) atoms. The van der Waals surface area contributed by atoms with E-state index in [-0.39, 0.29) is 0 Å². The average molecular weight is 242 g/mol. The molecule has 0 saturated carbocycles. The second kappa shape index (κ2) is 6.89. The van der Waals surface area contributed by atoms with Crippen molar-refractivity contribution in [3.8, 4) is 0 Å². The summed E-state index contributed by atoms with van der Waals surface area (Å²) >= 11 is 0. The molecular weight excluding hydrogens is 224 g/mol. The Morgan fingerprint density at radius 3 is 2.50 bits per heavy atom. The Labute approximate surface area is 108 Å². The third-order valence-corrected chi connectivity index (χ3v) is 2.58. The molecule has 0 aliphatic heterocycles. The first-order valence-electron chi connectivity index (χ1n) is 6.09. The zero-order chi connectivity index (χ0) is 12.6. The second-order valence-electron chi connectivity index (χ2n) is 4.13. The van der Waals surface area contributed by atoms with Gasteiger partial charge in [0.2, 0.25) is 0 Å². The summed E-state index contributed by atoms with van der Waals surface area (Å²) in [4.78, 5) is 4.51. The fraction of sp³-hybridized carbons (Fsp3) is 0.267. The van der Waals surface area contributed by atoms with E-state index in [1.807, 2.05) is 43.4 Å². The number of nitrogens with zero attached hydrogens (tertiary/aromatic N) is 1. The fourth-order valence-corrected chi connectivity index (χ4v) is 1.74. The Hall–Kier alpha value is -1.71. The molecule has 3 nitrogen and oxygen atoms in total. The summed E-state index contributed by atoms with van der Waals surface area (Å²) in [5.41, 5.74) is 3.20. The Morgan fingerprint density at radius 2 is 1.72 bits per heavy atom. The number of aromatic nitrogens is 1. The maximum atomic E-state index is 5.66. The molecule has 0 amide bonds. The quantitative estimate of drug-likeness (QED) is 0.845. The van der Waals surface area contributed by atoms with Gasteiger partial charge in [-0.05, 0) is 24.7 Å². The zero-order valence-electron chi connectivity index (χ0n) is 10.6. The molecule has 0 aliphatic carbocycles. The monoisotopic (exact) mass is 242 g/mol. The molecular formula is C15H18N2O. The molecule has 0 unspecified atom stereocenters. The number of rotatable bonds is 6. The van der Waals surface area contributed by atoms with Gasteiger partial charge in [-0.3, -0.25) is 4.98 Å². The van der Waals surface area contributed by atoms with E-state index in [0.717, 1.165) is 17.9 Å². The van der Waals surface area contributed by atoms with Crippen LogP contribution in [0, 0.1) is 0 Å². The van der Waals surface area contributed by atoms with E-state index in [0.29, 0.717) is 13.2 Å². The number of hydrogen-bond donors (Lipinski definition) is 1. The first-order chi connectivity index (χ1) is 8.88. The molecule has 2 rings (SSSR count). The predicted octanol–water partition coefficient (Wildman–Crippen LogP) is 2.52. The van der Waals surface area contributed by atoms with Crippen LogP contribution in [0.4, 0.5) is 0 Å². The van der Waals surface area contributed by atoms with Crippen LogP contribution in [0.5, 0.6) is 0 Å². The van der Waals surface area contributed by atoms with Crippen LogP contribution >= 0.6 is 0 Å². The lowest BCUT2D eigenvalue weighted by atomic mass is 10.2. The maximum Gasteiger partial charge on any atom is 0.0892 e. The first-order valence-corrected chi connectivity index (χ1v) is 6.09. The Kier molecular flexibility index (Phi) is 4.88. The van der Waals surface area contributed by atoms with Crippen molar-refractivity contribution in [2.45, 2.75) is 19.8 Å². The van der Waals surface area contributed by atoms with Crippen molar-refractivity contribution in [2.24, 2.45) is 0 Å². The molecule has 1 aromatic heterocycles. The minimum absolute atomic E-state index is 0.548. The molecule has 0 atom stereocenters. The molecule has 0 saturated heterocycles. The van der Waals surface area contributed by atoms with Gasteiger partial charge in [0.1, 0.15) is 0 Å². The zero-order valence-corrected chi connectivity index (χ0v) is 10.6. The normalized spacial score (nSPS) is 10.5. The lowest BCUT2D eigenvalue weighted by Gasteiger charge is -2.06. The van der Waals surface area contributed by atoms with Gasteiger partial charge in [0, 0.05) is 6.54 Å². The molecule has 0 fully saturated rings. The fourth-order valence-electron chi connectivity index (χ4n) is 1.74. The van der Waals surface area contributed by atoms with Gasteiger partial charge in [-0.1, -0.05) is 36.4 Å². The number of hydrogen-bond acceptors (Lipinski definition) is 3. The van der Waals surface area contributed by atoms with Gasteiger partial charge in [-0.2, -0.15) is 0 Å². The first kappa shape index (κ1) is 12.7. The van der Waals surface area contributed by atoms with Crippen molar-refractivity contribution in [1.82, 2.24) is 10.3 Å². The summed E-state index contributed by atoms with van der Waals surface area (Å²) in [6.07, 6.45) is 0. The Balaban J connectivity index is 1.84. The van der Waals surface area contributed by atoms with E-state index >= 15 is 0 Å². The molecule has 1 heterocycles. The summed E-state index contributed by atoms with van der Waals surface area (Å²) in [5.74, 6) is 0. The standard InChI is InChI=1S/C15H18N2O/c1-16-10-14-8-5-9-15(17-14)12-18-11-13-6-3-2-4-7-13/h2-9,16H,10-12H2,1H3. The SMILES string of the molecule is CNCc1cccc(COCc2ccccc2)n1. The lowest BCUT2D eigenvalue weighted by molar-refractivity contribution is 0.104. The summed E-state index contributed by atoms with van der Waals surface area (Å²) in [7, 11) is 1.92. The maximum absolute atomic E-state index is 5.66. The van der Waals surface area contributed by atoms with Gasteiger partial charge in [-0.25, -0.2) is 0 Å². The number of pyridine rings is 1. The summed E-state index contributed by atoms with van der Waals surface area (Å²) in [5, 5.41) is 3.09. The van der Waals surface area contributed by atoms with Crippen molar-refractivity contribution >= 4 is 0 Å². The van der Waals surface area contributed by atoms with Gasteiger partial charge in [0.25, 0.3) is 0 Å². The molecule has 3 heteroatoms. The summed E-state index contributed by atoms with van der Waals surface area (Å²) < 4.78 is 5.66. The Morgan fingerprint density at radius 1 is 0.944 bits per heavy atom. The summed E-state index contributed by atoms with van der Waals surface area (Å²) in [6.45, 7) is 1.96. The molecule has 0 spiro atoms. The van der Waals surface area contributed by atoms with Gasteiger partial charge >= 0.3 is 0 Å². The molecule has 1 N–H and O–H groups in total. The van der Waals surface area contributed by atoms with Gasteiger partial charge < -0.3 is 10.1 Å². The van der Waals surface area contributed by atoms with Crippen LogP contribution in [0.15, 0.2) is 48.5 Å². The van der Waals surface area contributed by atoms with Crippen LogP contribution in [0.1, 0.15) is 17.0 Å². The highest BCUT2D eigenvalue weighted by Crippen LogP contribution is 2.05. The third-order valence-electron chi connectivity index (χ3n) is 2.58. The van der Waals surface area contributed by atoms with E-state index in [1.54, 1.807) is 0 Å². The smallest absolute Gasteiger partial charge is 0.0892 e. The molecule has 0 bridgehead atoms. The van der Waals surface area contributed by atoms with Crippen LogP contribution in [0.2, 0.25) is 0 Å². The van der Waals surface area contributed by atoms with Gasteiger partial charge in [0.15, 0.2) is 0 Å². The number of ether oxygens (including phenoxy) is 1.